The van der Waals surface area contributed by atoms with Crippen LogP contribution in [0.15, 0.2) is 24.3 Å². The van der Waals surface area contributed by atoms with Crippen LogP contribution >= 0.6 is 0 Å². The van der Waals surface area contributed by atoms with Crippen LogP contribution in [0.2, 0.25) is 0 Å². The smallest absolute Gasteiger partial charge is 0.224 e. The van der Waals surface area contributed by atoms with Gasteiger partial charge in [0.1, 0.15) is 11.0 Å². The lowest BCUT2D eigenvalue weighted by molar-refractivity contribution is -0.129. The number of hydrogen-bond acceptors (Lipinski definition) is 4. The number of nitrogens with two attached hydrogens (primary N) is 1. The summed E-state index contributed by atoms with van der Waals surface area (Å²) in [7, 11) is -2.03. The zero-order valence-electron chi connectivity index (χ0n) is 12.9. The Morgan fingerprint density at radius 2 is 2.00 bits per heavy atom. The van der Waals surface area contributed by atoms with Crippen molar-refractivity contribution in [3.63, 3.8) is 0 Å². The molecule has 2 N–H and O–H groups in total. The standard InChI is InChI=1S/C15H22N2O4S/c1-11(3-4-12-5-7-13(21-2)8-6-12)17-10-14(9-15(17)18)22(16,19)20/h5-8,11,14H,3-4,9-10H2,1-2H3,(H2,16,19,20). The minimum absolute atomic E-state index is 0.00823. The molecule has 0 aromatic heterocycles. The van der Waals surface area contributed by atoms with Gasteiger partial charge < -0.3 is 9.64 Å². The third kappa shape index (κ3) is 3.98. The van der Waals surface area contributed by atoms with Crippen LogP contribution in [-0.4, -0.2) is 44.2 Å². The zero-order valence-corrected chi connectivity index (χ0v) is 13.7. The number of primary sulfonamides is 1. The maximum absolute atomic E-state index is 12.0. The van der Waals surface area contributed by atoms with Crippen LogP contribution in [0.5, 0.6) is 5.75 Å². The molecule has 6 nitrogen and oxygen atoms in total. The molecule has 1 aliphatic rings. The van der Waals surface area contributed by atoms with E-state index < -0.39 is 15.3 Å². The second-order valence-electron chi connectivity index (χ2n) is 5.70. The van der Waals surface area contributed by atoms with Gasteiger partial charge in [-0.1, -0.05) is 12.1 Å². The molecule has 7 heteroatoms. The highest BCUT2D eigenvalue weighted by Gasteiger charge is 2.38. The quantitative estimate of drug-likeness (QED) is 0.841. The van der Waals surface area contributed by atoms with E-state index >= 15 is 0 Å². The summed E-state index contributed by atoms with van der Waals surface area (Å²) in [5.41, 5.74) is 1.15. The minimum Gasteiger partial charge on any atom is -0.497 e. The maximum Gasteiger partial charge on any atom is 0.224 e. The summed E-state index contributed by atoms with van der Waals surface area (Å²) in [4.78, 5) is 13.6. The molecule has 22 heavy (non-hydrogen) atoms. The molecule has 122 valence electrons. The highest BCUT2D eigenvalue weighted by atomic mass is 32.2. The molecule has 0 aliphatic carbocycles. The van der Waals surface area contributed by atoms with E-state index in [0.29, 0.717) is 0 Å². The topological polar surface area (TPSA) is 89.7 Å². The summed E-state index contributed by atoms with van der Waals surface area (Å²) in [6.07, 6.45) is 1.58. The van der Waals surface area contributed by atoms with Gasteiger partial charge in [0.05, 0.1) is 7.11 Å². The summed E-state index contributed by atoms with van der Waals surface area (Å²) in [6.45, 7) is 2.13. The Morgan fingerprint density at radius 1 is 1.36 bits per heavy atom. The molecule has 1 aliphatic heterocycles. The van der Waals surface area contributed by atoms with Gasteiger partial charge in [-0.25, -0.2) is 13.6 Å². The van der Waals surface area contributed by atoms with Crippen LogP contribution in [0.4, 0.5) is 0 Å². The summed E-state index contributed by atoms with van der Waals surface area (Å²) in [5, 5.41) is 4.36. The number of aryl methyl sites for hydroxylation is 1. The van der Waals surface area contributed by atoms with Crippen molar-refractivity contribution in [2.75, 3.05) is 13.7 Å². The van der Waals surface area contributed by atoms with E-state index in [2.05, 4.69) is 0 Å². The first kappa shape index (κ1) is 16.8. The van der Waals surface area contributed by atoms with Crippen LogP contribution in [0.25, 0.3) is 0 Å². The number of benzene rings is 1. The lowest BCUT2D eigenvalue weighted by Crippen LogP contribution is -2.37. The third-order valence-electron chi connectivity index (χ3n) is 4.13. The molecule has 2 unspecified atom stereocenters. The number of methoxy groups -OCH3 is 1. The fraction of sp³-hybridized carbons (Fsp3) is 0.533. The molecule has 1 fully saturated rings. The van der Waals surface area contributed by atoms with E-state index in [0.717, 1.165) is 24.2 Å². The van der Waals surface area contributed by atoms with Crippen LogP contribution in [-0.2, 0) is 21.2 Å². The predicted octanol–water partition coefficient (Wildman–Crippen LogP) is 0.906. The van der Waals surface area contributed by atoms with Gasteiger partial charge in [-0.3, -0.25) is 4.79 Å². The van der Waals surface area contributed by atoms with Gasteiger partial charge in [0.15, 0.2) is 0 Å². The molecule has 0 saturated carbocycles. The number of ether oxygens (including phenoxy) is 1. The predicted molar refractivity (Wildman–Crippen MR) is 84.0 cm³/mol. The normalized spacial score (nSPS) is 20.2. The van der Waals surface area contributed by atoms with Crippen molar-refractivity contribution in [1.29, 1.82) is 0 Å². The van der Waals surface area contributed by atoms with Crippen molar-refractivity contribution in [2.24, 2.45) is 5.14 Å². The van der Waals surface area contributed by atoms with Crippen molar-refractivity contribution >= 4 is 15.9 Å². The number of amides is 1. The average Bonchev–Trinajstić information content (AvgIpc) is 2.87. The van der Waals surface area contributed by atoms with Gasteiger partial charge in [0.2, 0.25) is 15.9 Å². The van der Waals surface area contributed by atoms with Crippen molar-refractivity contribution < 1.29 is 17.9 Å². The second kappa shape index (κ2) is 6.66. The van der Waals surface area contributed by atoms with Crippen molar-refractivity contribution in [3.05, 3.63) is 29.8 Å². The highest BCUT2D eigenvalue weighted by molar-refractivity contribution is 7.89. The van der Waals surface area contributed by atoms with Gasteiger partial charge in [-0.15, -0.1) is 0 Å². The van der Waals surface area contributed by atoms with Gasteiger partial charge >= 0.3 is 0 Å². The van der Waals surface area contributed by atoms with E-state index in [9.17, 15) is 13.2 Å². The number of likely N-dealkylation sites (tertiary alicyclic amines) is 1. The number of carbonyl (C=O) groups is 1. The molecule has 1 heterocycles. The number of sulfonamides is 1. The monoisotopic (exact) mass is 326 g/mol. The first-order chi connectivity index (χ1) is 10.3. The van der Waals surface area contributed by atoms with Gasteiger partial charge in [0.25, 0.3) is 0 Å². The fourth-order valence-electron chi connectivity index (χ4n) is 2.67. The Morgan fingerprint density at radius 3 is 2.50 bits per heavy atom. The Kier molecular flexibility index (Phi) is 5.08. The van der Waals surface area contributed by atoms with Gasteiger partial charge in [0, 0.05) is 19.0 Å². The van der Waals surface area contributed by atoms with Crippen LogP contribution in [0.1, 0.15) is 25.3 Å². The first-order valence-electron chi connectivity index (χ1n) is 7.25. The van der Waals surface area contributed by atoms with Gasteiger partial charge in [-0.2, -0.15) is 0 Å². The van der Waals surface area contributed by atoms with Crippen molar-refractivity contribution in [1.82, 2.24) is 4.90 Å². The number of carbonyl (C=O) groups excluding carboxylic acids is 1. The van der Waals surface area contributed by atoms with Crippen LogP contribution in [0.3, 0.4) is 0 Å². The van der Waals surface area contributed by atoms with Crippen molar-refractivity contribution in [2.45, 2.75) is 37.5 Å². The fourth-order valence-corrected chi connectivity index (χ4v) is 3.41. The van der Waals surface area contributed by atoms with E-state index in [4.69, 9.17) is 9.88 Å². The Labute approximate surface area is 131 Å². The SMILES string of the molecule is COc1ccc(CCC(C)N2CC(S(N)(=O)=O)CC2=O)cc1. The van der Waals surface area contributed by atoms with E-state index in [1.807, 2.05) is 31.2 Å². The van der Waals surface area contributed by atoms with E-state index in [1.54, 1.807) is 12.0 Å². The zero-order chi connectivity index (χ0) is 16.3. The molecule has 1 aromatic carbocycles. The number of nitrogens with zero attached hydrogens (tertiary/aromatic N) is 1. The summed E-state index contributed by atoms with van der Waals surface area (Å²) in [5.74, 6) is 0.670. The van der Waals surface area contributed by atoms with Crippen LogP contribution < -0.4 is 9.88 Å². The molecule has 1 saturated heterocycles. The summed E-state index contributed by atoms with van der Waals surface area (Å²) in [6, 6.07) is 7.77. The second-order valence-corrected chi connectivity index (χ2v) is 7.54. The summed E-state index contributed by atoms with van der Waals surface area (Å²) >= 11 is 0. The molecule has 0 bridgehead atoms. The Balaban J connectivity index is 1.91. The molecule has 2 rings (SSSR count). The molecular weight excluding hydrogens is 304 g/mol. The largest absolute Gasteiger partial charge is 0.497 e. The minimum atomic E-state index is -3.65. The van der Waals surface area contributed by atoms with Gasteiger partial charge in [-0.05, 0) is 37.5 Å². The van der Waals surface area contributed by atoms with Crippen LogP contribution in [0, 0.1) is 0 Å². The van der Waals surface area contributed by atoms with E-state index in [1.165, 1.54) is 0 Å². The Hall–Kier alpha value is -1.60. The summed E-state index contributed by atoms with van der Waals surface area (Å²) < 4.78 is 27.9. The average molecular weight is 326 g/mol. The maximum atomic E-state index is 12.0. The first-order valence-corrected chi connectivity index (χ1v) is 8.86. The lowest BCUT2D eigenvalue weighted by Gasteiger charge is -2.24. The molecular formula is C15H22N2O4S. The number of rotatable bonds is 6. The number of hydrogen-bond donors (Lipinski definition) is 1. The third-order valence-corrected chi connectivity index (χ3v) is 5.37. The molecule has 1 aromatic rings. The lowest BCUT2D eigenvalue weighted by atomic mass is 10.1. The van der Waals surface area contributed by atoms with Crippen molar-refractivity contribution in [3.8, 4) is 5.75 Å². The Bertz CT molecular complexity index is 627. The molecule has 1 amide bonds. The molecule has 2 atom stereocenters. The molecule has 0 spiro atoms. The molecule has 0 radical (unpaired) electrons. The highest BCUT2D eigenvalue weighted by Crippen LogP contribution is 2.21. The van der Waals surface area contributed by atoms with E-state index in [-0.39, 0.29) is 24.9 Å².